The van der Waals surface area contributed by atoms with E-state index in [1.54, 1.807) is 6.20 Å². The summed E-state index contributed by atoms with van der Waals surface area (Å²) < 4.78 is 0. The summed E-state index contributed by atoms with van der Waals surface area (Å²) in [6.45, 7) is 0. The molecule has 0 aliphatic carbocycles. The zero-order valence-corrected chi connectivity index (χ0v) is 9.82. The van der Waals surface area contributed by atoms with E-state index < -0.39 is 0 Å². The van der Waals surface area contributed by atoms with Crippen molar-refractivity contribution in [2.24, 2.45) is 0 Å². The predicted molar refractivity (Wildman–Crippen MR) is 72.9 cm³/mol. The summed E-state index contributed by atoms with van der Waals surface area (Å²) in [5.41, 5.74) is 4.30. The van der Waals surface area contributed by atoms with Gasteiger partial charge in [-0.15, -0.1) is 0 Å². The van der Waals surface area contributed by atoms with Crippen LogP contribution in [0.5, 0.6) is 0 Å². The molecular weight excluding hydrogens is 220 g/mol. The summed E-state index contributed by atoms with van der Waals surface area (Å²) in [7, 11) is 0. The molecule has 0 saturated heterocycles. The van der Waals surface area contributed by atoms with Gasteiger partial charge in [-0.25, -0.2) is 0 Å². The Kier molecular flexibility index (Phi) is 2.84. The standard InChI is InChI=1S/C16H12N2/c1-2-5-13(6-3-1)16-9-8-15(12-18-16)14-7-4-10-17-11-14/h1-12H. The van der Waals surface area contributed by atoms with E-state index in [1.165, 1.54) is 0 Å². The highest BCUT2D eigenvalue weighted by molar-refractivity contribution is 5.65. The Labute approximate surface area is 106 Å². The van der Waals surface area contributed by atoms with Crippen molar-refractivity contribution in [1.82, 2.24) is 9.97 Å². The first kappa shape index (κ1) is 10.7. The zero-order chi connectivity index (χ0) is 12.2. The highest BCUT2D eigenvalue weighted by atomic mass is 14.7. The molecule has 0 saturated carbocycles. The average Bonchev–Trinajstić information content (AvgIpc) is 2.49. The van der Waals surface area contributed by atoms with Gasteiger partial charge < -0.3 is 0 Å². The van der Waals surface area contributed by atoms with Crippen LogP contribution in [0, 0.1) is 0 Å². The molecule has 0 aliphatic heterocycles. The van der Waals surface area contributed by atoms with Crippen molar-refractivity contribution < 1.29 is 0 Å². The van der Waals surface area contributed by atoms with Crippen molar-refractivity contribution in [1.29, 1.82) is 0 Å². The Morgan fingerprint density at radius 3 is 2.06 bits per heavy atom. The molecule has 3 rings (SSSR count). The molecule has 2 aromatic heterocycles. The van der Waals surface area contributed by atoms with E-state index in [1.807, 2.05) is 48.8 Å². The molecule has 0 N–H and O–H groups in total. The fourth-order valence-electron chi connectivity index (χ4n) is 1.88. The number of hydrogen-bond acceptors (Lipinski definition) is 2. The third-order valence-electron chi connectivity index (χ3n) is 2.83. The minimum Gasteiger partial charge on any atom is -0.264 e. The highest BCUT2D eigenvalue weighted by Gasteiger charge is 2.00. The third-order valence-corrected chi connectivity index (χ3v) is 2.83. The van der Waals surface area contributed by atoms with Crippen LogP contribution in [-0.4, -0.2) is 9.97 Å². The molecule has 1 aromatic carbocycles. The van der Waals surface area contributed by atoms with Crippen molar-refractivity contribution in [2.75, 3.05) is 0 Å². The van der Waals surface area contributed by atoms with Gasteiger partial charge in [-0.2, -0.15) is 0 Å². The van der Waals surface area contributed by atoms with Gasteiger partial charge in [-0.05, 0) is 12.1 Å². The van der Waals surface area contributed by atoms with Crippen LogP contribution in [-0.2, 0) is 0 Å². The smallest absolute Gasteiger partial charge is 0.0702 e. The van der Waals surface area contributed by atoms with Gasteiger partial charge in [0.1, 0.15) is 0 Å². The minimum atomic E-state index is 0.989. The quantitative estimate of drug-likeness (QED) is 0.671. The second-order valence-electron chi connectivity index (χ2n) is 4.04. The minimum absolute atomic E-state index is 0.989. The van der Waals surface area contributed by atoms with Crippen LogP contribution in [0.15, 0.2) is 73.2 Å². The van der Waals surface area contributed by atoms with Crippen molar-refractivity contribution in [3.05, 3.63) is 73.2 Å². The van der Waals surface area contributed by atoms with Gasteiger partial charge in [-0.1, -0.05) is 42.5 Å². The van der Waals surface area contributed by atoms with E-state index in [4.69, 9.17) is 0 Å². The Morgan fingerprint density at radius 2 is 1.39 bits per heavy atom. The van der Waals surface area contributed by atoms with Crippen LogP contribution in [0.4, 0.5) is 0 Å². The van der Waals surface area contributed by atoms with Gasteiger partial charge in [0.15, 0.2) is 0 Å². The molecule has 86 valence electrons. The normalized spacial score (nSPS) is 10.2. The fraction of sp³-hybridized carbons (Fsp3) is 0. The maximum atomic E-state index is 4.50. The Morgan fingerprint density at radius 1 is 0.611 bits per heavy atom. The van der Waals surface area contributed by atoms with E-state index in [9.17, 15) is 0 Å². The SMILES string of the molecule is c1ccc(-c2ccc(-c3cccnc3)cn2)cc1. The summed E-state index contributed by atoms with van der Waals surface area (Å²) in [5.74, 6) is 0. The molecule has 3 aromatic rings. The highest BCUT2D eigenvalue weighted by Crippen LogP contribution is 2.21. The number of hydrogen-bond donors (Lipinski definition) is 0. The lowest BCUT2D eigenvalue weighted by molar-refractivity contribution is 1.30. The van der Waals surface area contributed by atoms with Gasteiger partial charge in [-0.3, -0.25) is 9.97 Å². The number of pyridine rings is 2. The van der Waals surface area contributed by atoms with Crippen molar-refractivity contribution in [3.8, 4) is 22.4 Å². The third kappa shape index (κ3) is 2.13. The molecular formula is C16H12N2. The zero-order valence-electron chi connectivity index (χ0n) is 9.82. The first-order valence-corrected chi connectivity index (χ1v) is 5.85. The number of benzene rings is 1. The van der Waals surface area contributed by atoms with Gasteiger partial charge in [0, 0.05) is 35.3 Å². The van der Waals surface area contributed by atoms with Gasteiger partial charge in [0.05, 0.1) is 5.69 Å². The maximum absolute atomic E-state index is 4.50. The lowest BCUT2D eigenvalue weighted by Gasteiger charge is -2.03. The van der Waals surface area contributed by atoms with E-state index in [0.717, 1.165) is 22.4 Å². The first-order valence-electron chi connectivity index (χ1n) is 5.85. The molecule has 0 fully saturated rings. The van der Waals surface area contributed by atoms with Crippen LogP contribution in [0.25, 0.3) is 22.4 Å². The maximum Gasteiger partial charge on any atom is 0.0702 e. The van der Waals surface area contributed by atoms with Crippen LogP contribution >= 0.6 is 0 Å². The van der Waals surface area contributed by atoms with E-state index >= 15 is 0 Å². The number of rotatable bonds is 2. The molecule has 2 heteroatoms. The first-order chi connectivity index (χ1) is 8.93. The van der Waals surface area contributed by atoms with E-state index in [-0.39, 0.29) is 0 Å². The molecule has 0 radical (unpaired) electrons. The summed E-state index contributed by atoms with van der Waals surface area (Å²) in [6.07, 6.45) is 5.51. The summed E-state index contributed by atoms with van der Waals surface area (Å²) in [4.78, 5) is 8.61. The number of nitrogens with zero attached hydrogens (tertiary/aromatic N) is 2. The van der Waals surface area contributed by atoms with Crippen LogP contribution < -0.4 is 0 Å². The Balaban J connectivity index is 1.95. The second kappa shape index (κ2) is 4.80. The molecule has 2 nitrogen and oxygen atoms in total. The average molecular weight is 232 g/mol. The lowest BCUT2D eigenvalue weighted by Crippen LogP contribution is -1.85. The van der Waals surface area contributed by atoms with Crippen LogP contribution in [0.2, 0.25) is 0 Å². The molecule has 2 heterocycles. The molecule has 0 aliphatic rings. The van der Waals surface area contributed by atoms with Crippen molar-refractivity contribution in [2.45, 2.75) is 0 Å². The molecule has 0 bridgehead atoms. The van der Waals surface area contributed by atoms with Crippen molar-refractivity contribution in [3.63, 3.8) is 0 Å². The van der Waals surface area contributed by atoms with Crippen LogP contribution in [0.1, 0.15) is 0 Å². The van der Waals surface area contributed by atoms with Gasteiger partial charge in [0.25, 0.3) is 0 Å². The topological polar surface area (TPSA) is 25.8 Å². The van der Waals surface area contributed by atoms with E-state index in [2.05, 4.69) is 28.2 Å². The molecule has 0 atom stereocenters. The fourth-order valence-corrected chi connectivity index (χ4v) is 1.88. The van der Waals surface area contributed by atoms with Gasteiger partial charge >= 0.3 is 0 Å². The molecule has 0 spiro atoms. The number of aromatic nitrogens is 2. The largest absolute Gasteiger partial charge is 0.264 e. The lowest BCUT2D eigenvalue weighted by atomic mass is 10.1. The van der Waals surface area contributed by atoms with E-state index in [0.29, 0.717) is 0 Å². The van der Waals surface area contributed by atoms with Crippen LogP contribution in [0.3, 0.4) is 0 Å². The van der Waals surface area contributed by atoms with Crippen molar-refractivity contribution >= 4 is 0 Å². The predicted octanol–water partition coefficient (Wildman–Crippen LogP) is 3.81. The molecule has 0 amide bonds. The van der Waals surface area contributed by atoms with Gasteiger partial charge in [0.2, 0.25) is 0 Å². The monoisotopic (exact) mass is 232 g/mol. The summed E-state index contributed by atoms with van der Waals surface area (Å²) in [6, 6.07) is 18.3. The Bertz CT molecular complexity index is 558. The second-order valence-corrected chi connectivity index (χ2v) is 4.04. The summed E-state index contributed by atoms with van der Waals surface area (Å²) in [5, 5.41) is 0. The summed E-state index contributed by atoms with van der Waals surface area (Å²) >= 11 is 0. The molecule has 0 unspecified atom stereocenters. The molecule has 18 heavy (non-hydrogen) atoms. The Hall–Kier alpha value is -2.48.